The average Bonchev–Trinajstić information content (AvgIpc) is 3.49. The highest BCUT2D eigenvalue weighted by atomic mass is 19.1. The first-order chi connectivity index (χ1) is 26.7. The number of aromatic hydroxyl groups is 1. The van der Waals surface area contributed by atoms with E-state index >= 15 is 4.39 Å². The summed E-state index contributed by atoms with van der Waals surface area (Å²) in [6, 6.07) is 13.6. The van der Waals surface area contributed by atoms with E-state index in [1.165, 1.54) is 0 Å². The molecule has 2 aromatic carbocycles. The van der Waals surface area contributed by atoms with Crippen LogP contribution in [0.1, 0.15) is 40.0 Å². The Bertz CT molecular complexity index is 2090. The van der Waals surface area contributed by atoms with Crippen molar-refractivity contribution < 1.29 is 28.7 Å². The monoisotopic (exact) mass is 749 g/mol. The lowest BCUT2D eigenvalue weighted by molar-refractivity contribution is -0.136. The van der Waals surface area contributed by atoms with Crippen molar-refractivity contribution in [1.29, 1.82) is 0 Å². The average molecular weight is 750 g/mol. The number of halogens is 1. The molecule has 3 aromatic rings. The summed E-state index contributed by atoms with van der Waals surface area (Å²) in [7, 11) is 0. The van der Waals surface area contributed by atoms with Gasteiger partial charge in [-0.2, -0.15) is 0 Å². The van der Waals surface area contributed by atoms with Crippen molar-refractivity contribution in [2.75, 3.05) is 80.6 Å². The summed E-state index contributed by atoms with van der Waals surface area (Å²) in [6.45, 7) is 8.48. The Balaban J connectivity index is 0.701. The number of alkyl halides is 1. The molecule has 3 N–H and O–H groups in total. The van der Waals surface area contributed by atoms with Gasteiger partial charge < -0.3 is 25.1 Å². The Morgan fingerprint density at radius 3 is 2.44 bits per heavy atom. The molecule has 1 aliphatic carbocycles. The van der Waals surface area contributed by atoms with Gasteiger partial charge >= 0.3 is 0 Å². The van der Waals surface area contributed by atoms with E-state index in [1.807, 2.05) is 23.1 Å². The number of likely N-dealkylation sites (tertiary alicyclic amines) is 1. The van der Waals surface area contributed by atoms with Crippen LogP contribution in [0, 0.1) is 23.7 Å². The van der Waals surface area contributed by atoms with Crippen molar-refractivity contribution in [3.63, 3.8) is 0 Å². The van der Waals surface area contributed by atoms with Gasteiger partial charge in [0.25, 0.3) is 11.8 Å². The van der Waals surface area contributed by atoms with Crippen LogP contribution in [0.25, 0.3) is 11.3 Å². The Kier molecular flexibility index (Phi) is 8.28. The molecule has 4 saturated heterocycles. The fraction of sp³-hybridized carbons (Fsp3) is 0.500. The van der Waals surface area contributed by atoms with E-state index in [4.69, 9.17) is 0 Å². The maximum atomic E-state index is 15.8. The van der Waals surface area contributed by atoms with Crippen molar-refractivity contribution in [2.24, 2.45) is 23.7 Å². The summed E-state index contributed by atoms with van der Waals surface area (Å²) in [6.07, 6.45) is -0.147. The predicted octanol–water partition coefficient (Wildman–Crippen LogP) is 2.21. The van der Waals surface area contributed by atoms with E-state index in [9.17, 15) is 24.3 Å². The highest BCUT2D eigenvalue weighted by molar-refractivity contribution is 6.23. The molecule has 7 aliphatic rings. The molecular formula is C40H44FN9O5. The van der Waals surface area contributed by atoms with Crippen molar-refractivity contribution in [2.45, 2.75) is 37.5 Å². The van der Waals surface area contributed by atoms with E-state index in [0.29, 0.717) is 53.7 Å². The van der Waals surface area contributed by atoms with Crippen LogP contribution in [-0.4, -0.2) is 137 Å². The van der Waals surface area contributed by atoms with Gasteiger partial charge in [0.1, 0.15) is 18.0 Å². The first kappa shape index (κ1) is 34.3. The number of piperidine rings is 3. The minimum atomic E-state index is -1.02. The molecule has 5 fully saturated rings. The molecule has 286 valence electrons. The van der Waals surface area contributed by atoms with Gasteiger partial charge in [-0.3, -0.25) is 34.3 Å². The molecule has 14 nitrogen and oxygen atoms in total. The molecule has 55 heavy (non-hydrogen) atoms. The zero-order valence-corrected chi connectivity index (χ0v) is 30.4. The quantitative estimate of drug-likeness (QED) is 0.304. The maximum Gasteiger partial charge on any atom is 0.262 e. The van der Waals surface area contributed by atoms with E-state index in [1.54, 1.807) is 30.3 Å². The van der Waals surface area contributed by atoms with Crippen LogP contribution >= 0.6 is 0 Å². The first-order valence-corrected chi connectivity index (χ1v) is 19.6. The lowest BCUT2D eigenvalue weighted by Gasteiger charge is -2.46. The number of nitrogens with zero attached hydrogens (tertiary/aromatic N) is 7. The number of aromatic nitrogens is 2. The summed E-state index contributed by atoms with van der Waals surface area (Å²) < 4.78 is 15.8. The standard InChI is InChI=1S/C40H44FN9O5/c41-31-21-48(23-5-6-25-27(13-23)40(55)50(39(25)54)33-7-8-36(52)43-38(33)53)10-9-22(31)16-47-19-29-28(30(29)20-47)18-46-11-12-49-24(17-46)15-42-37-34(49)14-32(44-45-37)26-3-1-2-4-35(26)51/h1-6,13-14,22,24,28-31,33,51H,7-12,15-21H2,(H,42,45)(H,43,52,53)/t22-,24?,28?,29-,30+,31-,33?/m1/s1. The first-order valence-electron chi connectivity index (χ1n) is 19.6. The van der Waals surface area contributed by atoms with Crippen LogP contribution < -0.4 is 20.4 Å². The molecule has 7 heterocycles. The minimum absolute atomic E-state index is 0.0568. The number of amides is 4. The summed E-state index contributed by atoms with van der Waals surface area (Å²) in [5.74, 6) is 0.813. The third kappa shape index (κ3) is 5.98. The van der Waals surface area contributed by atoms with E-state index < -0.39 is 35.8 Å². The second-order valence-corrected chi connectivity index (χ2v) is 16.4. The number of hydrogen-bond acceptors (Lipinski definition) is 12. The summed E-state index contributed by atoms with van der Waals surface area (Å²) in [4.78, 5) is 60.9. The topological polar surface area (TPSA) is 155 Å². The predicted molar refractivity (Wildman–Crippen MR) is 200 cm³/mol. The number of carbonyl (C=O) groups excluding carboxylic acids is 4. The highest BCUT2D eigenvalue weighted by Gasteiger charge is 2.56. The second-order valence-electron chi connectivity index (χ2n) is 16.4. The van der Waals surface area contributed by atoms with Gasteiger partial charge in [-0.25, -0.2) is 4.39 Å². The zero-order chi connectivity index (χ0) is 37.5. The number of phenols is 1. The number of para-hydroxylation sites is 1. The van der Waals surface area contributed by atoms with Gasteiger partial charge in [0.15, 0.2) is 5.82 Å². The van der Waals surface area contributed by atoms with Gasteiger partial charge in [0.2, 0.25) is 11.8 Å². The van der Waals surface area contributed by atoms with E-state index in [0.717, 1.165) is 68.8 Å². The molecule has 7 atom stereocenters. The molecule has 0 spiro atoms. The van der Waals surface area contributed by atoms with Crippen LogP contribution in [0.4, 0.5) is 21.6 Å². The van der Waals surface area contributed by atoms with E-state index in [2.05, 4.69) is 35.5 Å². The molecule has 6 aliphatic heterocycles. The van der Waals surface area contributed by atoms with E-state index in [-0.39, 0.29) is 42.2 Å². The van der Waals surface area contributed by atoms with Gasteiger partial charge in [-0.05, 0) is 67.0 Å². The van der Waals surface area contributed by atoms with Gasteiger partial charge in [-0.1, -0.05) is 12.1 Å². The summed E-state index contributed by atoms with van der Waals surface area (Å²) in [5.41, 5.74) is 3.52. The minimum Gasteiger partial charge on any atom is -0.507 e. The number of nitrogens with one attached hydrogen (secondary N) is 2. The molecule has 3 unspecified atom stereocenters. The normalized spacial score (nSPS) is 30.4. The van der Waals surface area contributed by atoms with Crippen molar-refractivity contribution in [3.8, 4) is 17.0 Å². The number of benzene rings is 2. The molecule has 1 saturated carbocycles. The number of rotatable bonds is 7. The number of hydrogen-bond donors (Lipinski definition) is 3. The number of piperazine rings is 1. The van der Waals surface area contributed by atoms with Gasteiger partial charge in [0, 0.05) is 89.0 Å². The molecular weight excluding hydrogens is 705 g/mol. The van der Waals surface area contributed by atoms with Crippen molar-refractivity contribution in [1.82, 2.24) is 30.2 Å². The lowest BCUT2D eigenvalue weighted by atomic mass is 9.93. The van der Waals surface area contributed by atoms with Crippen molar-refractivity contribution in [3.05, 3.63) is 59.7 Å². The number of anilines is 3. The number of carbonyl (C=O) groups is 4. The number of phenolic OH excluding ortho intramolecular Hbond substituents is 1. The van der Waals surface area contributed by atoms with Crippen LogP contribution in [0.15, 0.2) is 48.5 Å². The van der Waals surface area contributed by atoms with Gasteiger partial charge in [0.05, 0.1) is 28.6 Å². The molecule has 4 amide bonds. The third-order valence-electron chi connectivity index (χ3n) is 13.2. The molecule has 15 heteroatoms. The lowest BCUT2D eigenvalue weighted by Crippen LogP contribution is -2.58. The Morgan fingerprint density at radius 1 is 0.818 bits per heavy atom. The molecule has 0 radical (unpaired) electrons. The zero-order valence-electron chi connectivity index (χ0n) is 30.4. The fourth-order valence-corrected chi connectivity index (χ4v) is 10.2. The largest absolute Gasteiger partial charge is 0.507 e. The fourth-order valence-electron chi connectivity index (χ4n) is 10.2. The smallest absolute Gasteiger partial charge is 0.262 e. The van der Waals surface area contributed by atoms with Crippen LogP contribution in [0.2, 0.25) is 0 Å². The second kappa shape index (κ2) is 13.3. The number of fused-ring (bicyclic) bond motifs is 5. The maximum absolute atomic E-state index is 15.8. The van der Waals surface area contributed by atoms with Crippen LogP contribution in [-0.2, 0) is 9.59 Å². The van der Waals surface area contributed by atoms with Crippen LogP contribution in [0.5, 0.6) is 5.75 Å². The third-order valence-corrected chi connectivity index (χ3v) is 13.2. The number of imide groups is 2. The Labute approximate surface area is 317 Å². The molecule has 10 rings (SSSR count). The van der Waals surface area contributed by atoms with Gasteiger partial charge in [-0.15, -0.1) is 10.2 Å². The summed E-state index contributed by atoms with van der Waals surface area (Å²) in [5, 5.41) is 24.9. The molecule has 0 bridgehead atoms. The Hall–Kier alpha value is -5.15. The Morgan fingerprint density at radius 2 is 1.64 bits per heavy atom. The van der Waals surface area contributed by atoms with Crippen molar-refractivity contribution >= 4 is 40.8 Å². The SMILES string of the molecule is O=C1CCC(N2C(=O)c3ccc(N4CC[C@H](CN5C[C@@H]6C(CN7CCN8c9cc(-c%10ccccc%10O)nnc9NCC8C7)[C@@H]6C5)[C@H](F)C4)cc3C2=O)C(=O)N1. The van der Waals surface area contributed by atoms with Crippen LogP contribution in [0.3, 0.4) is 0 Å². The summed E-state index contributed by atoms with van der Waals surface area (Å²) >= 11 is 0. The highest BCUT2D eigenvalue weighted by Crippen LogP contribution is 2.52. The molecule has 1 aromatic heterocycles.